The number of piperidine rings is 1. The highest BCUT2D eigenvalue weighted by Gasteiger charge is 2.32. The molecule has 164 valence electrons. The van der Waals surface area contributed by atoms with Crippen LogP contribution in [0.15, 0.2) is 18.2 Å². The van der Waals surface area contributed by atoms with E-state index in [-0.39, 0.29) is 29.1 Å². The number of ketones is 1. The fraction of sp³-hybridized carbons (Fsp3) is 0.667. The summed E-state index contributed by atoms with van der Waals surface area (Å²) in [6.07, 6.45) is 9.26. The van der Waals surface area contributed by atoms with E-state index in [9.17, 15) is 18.4 Å². The summed E-state index contributed by atoms with van der Waals surface area (Å²) in [5.74, 6) is -0.518. The van der Waals surface area contributed by atoms with E-state index in [2.05, 4.69) is 10.2 Å². The van der Waals surface area contributed by atoms with Gasteiger partial charge in [-0.3, -0.25) is 9.59 Å². The Morgan fingerprint density at radius 2 is 1.63 bits per heavy atom. The van der Waals surface area contributed by atoms with Crippen LogP contribution in [0.5, 0.6) is 0 Å². The van der Waals surface area contributed by atoms with Crippen LogP contribution in [0.1, 0.15) is 68.1 Å². The molecule has 1 saturated heterocycles. The number of Topliss-reactive ketones (excluding diaryl/α,β-unsaturated/α-hetero) is 1. The third-order valence-electron chi connectivity index (χ3n) is 7.15. The molecule has 1 aromatic rings. The molecule has 4 nitrogen and oxygen atoms in total. The summed E-state index contributed by atoms with van der Waals surface area (Å²) in [5, 5.41) is 3.21. The molecule has 0 radical (unpaired) electrons. The van der Waals surface area contributed by atoms with E-state index >= 15 is 0 Å². The van der Waals surface area contributed by atoms with E-state index in [0.29, 0.717) is 12.0 Å². The van der Waals surface area contributed by atoms with Crippen LogP contribution < -0.4 is 5.32 Å². The standard InChI is InChI=1S/C24H32F2N2O2/c25-19-5-8-21(22(26)15-19)23(29)17-10-13-28(14-11-17)12-9-16-1-6-20(7-2-16)27-24(30)18-3-4-18/h5,8,15-18,20H,1-4,6-7,9-14H2,(H,27,30). The number of carbonyl (C=O) groups is 2. The molecule has 6 heteroatoms. The third-order valence-corrected chi connectivity index (χ3v) is 7.15. The maximum absolute atomic E-state index is 13.9. The van der Waals surface area contributed by atoms with Crippen molar-refractivity contribution < 1.29 is 18.4 Å². The molecule has 4 rings (SSSR count). The molecule has 1 aliphatic heterocycles. The van der Waals surface area contributed by atoms with E-state index < -0.39 is 11.6 Å². The van der Waals surface area contributed by atoms with Crippen molar-refractivity contribution in [2.45, 2.75) is 63.8 Å². The zero-order valence-electron chi connectivity index (χ0n) is 17.5. The van der Waals surface area contributed by atoms with Gasteiger partial charge >= 0.3 is 0 Å². The molecular formula is C24H32F2N2O2. The summed E-state index contributed by atoms with van der Waals surface area (Å²) in [4.78, 5) is 26.9. The summed E-state index contributed by atoms with van der Waals surface area (Å²) < 4.78 is 27.0. The number of rotatable bonds is 7. The van der Waals surface area contributed by atoms with Gasteiger partial charge < -0.3 is 10.2 Å². The van der Waals surface area contributed by atoms with Crippen molar-refractivity contribution in [1.82, 2.24) is 10.2 Å². The molecule has 3 fully saturated rings. The van der Waals surface area contributed by atoms with Gasteiger partial charge in [0.1, 0.15) is 11.6 Å². The Kier molecular flexibility index (Phi) is 6.81. The van der Waals surface area contributed by atoms with Gasteiger partial charge in [0, 0.05) is 23.9 Å². The number of halogens is 2. The molecule has 30 heavy (non-hydrogen) atoms. The first-order chi connectivity index (χ1) is 14.5. The number of nitrogens with zero attached hydrogens (tertiary/aromatic N) is 1. The van der Waals surface area contributed by atoms with Crippen LogP contribution in [0.3, 0.4) is 0 Å². The van der Waals surface area contributed by atoms with Crippen molar-refractivity contribution in [2.75, 3.05) is 19.6 Å². The van der Waals surface area contributed by atoms with Crippen LogP contribution in [-0.2, 0) is 4.79 Å². The second-order valence-corrected chi connectivity index (χ2v) is 9.39. The van der Waals surface area contributed by atoms with Gasteiger partial charge in [-0.05, 0) is 95.5 Å². The average Bonchev–Trinajstić information content (AvgIpc) is 3.59. The van der Waals surface area contributed by atoms with Crippen LogP contribution in [0.2, 0.25) is 0 Å². The van der Waals surface area contributed by atoms with Crippen LogP contribution in [-0.4, -0.2) is 42.3 Å². The van der Waals surface area contributed by atoms with E-state index in [4.69, 9.17) is 0 Å². The minimum Gasteiger partial charge on any atom is -0.353 e. The number of nitrogens with one attached hydrogen (secondary N) is 1. The van der Waals surface area contributed by atoms with Crippen molar-refractivity contribution in [2.24, 2.45) is 17.8 Å². The Hall–Kier alpha value is -1.82. The average molecular weight is 419 g/mol. The molecule has 1 heterocycles. The molecule has 1 amide bonds. The summed E-state index contributed by atoms with van der Waals surface area (Å²) in [6.45, 7) is 2.74. The van der Waals surface area contributed by atoms with E-state index in [0.717, 1.165) is 76.7 Å². The van der Waals surface area contributed by atoms with Gasteiger partial charge in [0.15, 0.2) is 5.78 Å². The lowest BCUT2D eigenvalue weighted by atomic mass is 9.83. The van der Waals surface area contributed by atoms with Gasteiger partial charge in [0.25, 0.3) is 0 Å². The Bertz CT molecular complexity index is 764. The van der Waals surface area contributed by atoms with Crippen LogP contribution in [0.25, 0.3) is 0 Å². The summed E-state index contributed by atoms with van der Waals surface area (Å²) >= 11 is 0. The minimum atomic E-state index is -0.758. The van der Waals surface area contributed by atoms with Crippen molar-refractivity contribution >= 4 is 11.7 Å². The summed E-state index contributed by atoms with van der Waals surface area (Å²) in [7, 11) is 0. The smallest absolute Gasteiger partial charge is 0.223 e. The Balaban J connectivity index is 1.15. The highest BCUT2D eigenvalue weighted by Crippen LogP contribution is 2.32. The van der Waals surface area contributed by atoms with Gasteiger partial charge in [-0.25, -0.2) is 8.78 Å². The largest absolute Gasteiger partial charge is 0.353 e. The van der Waals surface area contributed by atoms with Gasteiger partial charge in [0.2, 0.25) is 5.91 Å². The van der Waals surface area contributed by atoms with Crippen molar-refractivity contribution in [3.63, 3.8) is 0 Å². The molecule has 0 bridgehead atoms. The Morgan fingerprint density at radius 1 is 0.933 bits per heavy atom. The van der Waals surface area contributed by atoms with Gasteiger partial charge in [-0.1, -0.05) is 0 Å². The highest BCUT2D eigenvalue weighted by atomic mass is 19.1. The van der Waals surface area contributed by atoms with Gasteiger partial charge in [0.05, 0.1) is 5.56 Å². The topological polar surface area (TPSA) is 49.4 Å². The molecule has 1 N–H and O–H groups in total. The van der Waals surface area contributed by atoms with Crippen LogP contribution in [0.4, 0.5) is 8.78 Å². The fourth-order valence-corrected chi connectivity index (χ4v) is 4.95. The number of likely N-dealkylation sites (tertiary alicyclic amines) is 1. The number of benzene rings is 1. The Morgan fingerprint density at radius 3 is 2.27 bits per heavy atom. The zero-order valence-corrected chi connectivity index (χ0v) is 17.5. The summed E-state index contributed by atoms with van der Waals surface area (Å²) in [6, 6.07) is 3.57. The molecule has 2 aliphatic carbocycles. The van der Waals surface area contributed by atoms with Crippen molar-refractivity contribution in [3.8, 4) is 0 Å². The summed E-state index contributed by atoms with van der Waals surface area (Å²) in [5.41, 5.74) is 0.0142. The second-order valence-electron chi connectivity index (χ2n) is 9.39. The maximum atomic E-state index is 13.9. The Labute approximate surface area is 177 Å². The molecule has 0 unspecified atom stereocenters. The predicted octanol–water partition coefficient (Wildman–Crippen LogP) is 4.33. The van der Waals surface area contributed by atoms with Crippen LogP contribution in [0, 0.1) is 29.4 Å². The van der Waals surface area contributed by atoms with E-state index in [1.165, 1.54) is 18.9 Å². The maximum Gasteiger partial charge on any atom is 0.223 e. The number of hydrogen-bond acceptors (Lipinski definition) is 3. The molecule has 0 atom stereocenters. The third kappa shape index (κ3) is 5.45. The molecular weight excluding hydrogens is 386 g/mol. The number of carbonyl (C=O) groups excluding carboxylic acids is 2. The number of hydrogen-bond donors (Lipinski definition) is 1. The van der Waals surface area contributed by atoms with Crippen LogP contribution >= 0.6 is 0 Å². The van der Waals surface area contributed by atoms with Gasteiger partial charge in [-0.15, -0.1) is 0 Å². The highest BCUT2D eigenvalue weighted by molar-refractivity contribution is 5.98. The normalized spacial score (nSPS) is 25.8. The predicted molar refractivity (Wildman–Crippen MR) is 111 cm³/mol. The quantitative estimate of drug-likeness (QED) is 0.671. The molecule has 0 spiro atoms. The first-order valence-corrected chi connectivity index (χ1v) is 11.5. The van der Waals surface area contributed by atoms with Gasteiger partial charge in [-0.2, -0.15) is 0 Å². The molecule has 2 saturated carbocycles. The minimum absolute atomic E-state index is 0.0142. The fourth-order valence-electron chi connectivity index (χ4n) is 4.95. The first kappa shape index (κ1) is 21.4. The second kappa shape index (κ2) is 9.54. The number of amides is 1. The zero-order chi connectivity index (χ0) is 21.1. The van der Waals surface area contributed by atoms with E-state index in [1.54, 1.807) is 0 Å². The lowest BCUT2D eigenvalue weighted by Gasteiger charge is -2.34. The lowest BCUT2D eigenvalue weighted by molar-refractivity contribution is -0.123. The van der Waals surface area contributed by atoms with Crippen molar-refractivity contribution in [3.05, 3.63) is 35.4 Å². The first-order valence-electron chi connectivity index (χ1n) is 11.5. The van der Waals surface area contributed by atoms with Crippen molar-refractivity contribution in [1.29, 1.82) is 0 Å². The van der Waals surface area contributed by atoms with E-state index in [1.807, 2.05) is 0 Å². The monoisotopic (exact) mass is 418 g/mol. The lowest BCUT2D eigenvalue weighted by Crippen LogP contribution is -2.40. The molecule has 0 aromatic heterocycles. The molecule has 1 aromatic carbocycles. The SMILES string of the molecule is O=C(NC1CCC(CCN2CCC(C(=O)c3ccc(F)cc3F)CC2)CC1)C1CC1. The molecule has 3 aliphatic rings.